The molecule has 5 heterocycles. The average molecular weight is 1830 g/mol. The van der Waals surface area contributed by atoms with Gasteiger partial charge in [0.2, 0.25) is 0 Å². The third-order valence-electron chi connectivity index (χ3n) is 30.7. The van der Waals surface area contributed by atoms with Gasteiger partial charge < -0.3 is 41.3 Å². The summed E-state index contributed by atoms with van der Waals surface area (Å²) in [5.41, 5.74) is 26.0. The van der Waals surface area contributed by atoms with Gasteiger partial charge in [-0.25, -0.2) is 23.6 Å². The van der Waals surface area contributed by atoms with Crippen molar-refractivity contribution < 1.29 is 63.2 Å². The third kappa shape index (κ3) is 23.8. The molecule has 0 bridgehead atoms. The summed E-state index contributed by atoms with van der Waals surface area (Å²) in [5, 5.41) is 45.1. The summed E-state index contributed by atoms with van der Waals surface area (Å²) in [6.45, 7) is 6.56. The maximum Gasteiger partial charge on any atom is 0.326 e. The van der Waals surface area contributed by atoms with Crippen molar-refractivity contribution in [2.45, 2.75) is 236 Å². The van der Waals surface area contributed by atoms with E-state index in [-0.39, 0.29) is 36.4 Å². The van der Waals surface area contributed by atoms with Crippen LogP contribution in [0.25, 0.3) is 44.5 Å². The molecule has 0 unspecified atom stereocenters. The smallest absolute Gasteiger partial charge is 0.326 e. The number of carbonyl (C=O) groups excluding carboxylic acids is 4. The highest BCUT2D eigenvalue weighted by Gasteiger charge is 2.35. The summed E-state index contributed by atoms with van der Waals surface area (Å²) >= 11 is 0. The Morgan fingerprint density at radius 2 is 0.625 bits per heavy atom. The van der Waals surface area contributed by atoms with Crippen LogP contribution in [-0.2, 0) is 44.9 Å². The van der Waals surface area contributed by atoms with Crippen LogP contribution >= 0.6 is 0 Å². The number of halogens is 1. The largest absolute Gasteiger partial charge is 0.481 e. The van der Waals surface area contributed by atoms with Gasteiger partial charge in [-0.05, 0) is 382 Å². The maximum atomic E-state index is 13.4. The Hall–Kier alpha value is -12.9. The molecule has 6 fully saturated rings. The van der Waals surface area contributed by atoms with Gasteiger partial charge >= 0.3 is 48.0 Å². The fraction of sp³-hybridized carbons (Fsp3) is 0.409. The Bertz CT molecular complexity index is 5900. The van der Waals surface area contributed by atoms with Crippen molar-refractivity contribution in [2.75, 3.05) is 69.5 Å². The number of piperidine rings is 1. The second kappa shape index (κ2) is 44.3. The fourth-order valence-electron chi connectivity index (χ4n) is 23.0. The molecule has 1 saturated heterocycles. The number of anilines is 6. The minimum absolute atomic E-state index is 0.0517. The number of urea groups is 4. The molecule has 10 aliphatic rings. The summed E-state index contributed by atoms with van der Waals surface area (Å²) in [7, 11) is 0. The zero-order valence-corrected chi connectivity index (χ0v) is 78.3. The molecule has 5 saturated carbocycles. The standard InChI is InChI=1S/C30H32N2O3.C29H29FN2O3.2C28H34N2O3/c1-20-4-2-3-5-27(20)31-30(35)32-17-16-26-19-25(14-15-28(26)32)24-12-10-23(11-13-24)22-8-6-21(7-9-22)18-29(33)34;30-25-2-1-3-26(18-25)31-29(35)32-15-14-24-17-23(12-13-27(24)32)22-10-8-21(9-11-22)20-6-4-19(5-7-20)16-28(33)34;31-27(32)18-20-4-6-21(7-5-20)22-8-10-23(11-9-22)24-12-13-26-25(19-24)14-17-30(26)28(33)29-15-2-1-3-16-29;31-27(32)17-19-5-7-20(8-6-19)21-9-11-22(12-10-21)23-13-14-26-24(18-23)15-16-30(26)28(33)29-25-3-1-2-4-25/h2-5,10-15,19,21-22H,6-9,16-18H2,1H3,(H,31,35)(H,33,34);1-3,8-13,17-20H,4-7,14-16H2,(H,31,35)(H,33,34);8-13,19-21H,1-7,14-18H2,(H,31,32);9-14,18-20,25H,1-8,15-17H2,(H,29,33)(H,31,32). The summed E-state index contributed by atoms with van der Waals surface area (Å²) in [6.07, 6.45) is 29.3. The number of aliphatic carboxylic acids is 4. The second-order valence-corrected chi connectivity index (χ2v) is 39.7. The number of carboxylic acids is 4. The van der Waals surface area contributed by atoms with E-state index in [2.05, 4.69) is 174 Å². The van der Waals surface area contributed by atoms with Crippen LogP contribution in [0.2, 0.25) is 0 Å². The fourth-order valence-corrected chi connectivity index (χ4v) is 23.0. The van der Waals surface area contributed by atoms with Gasteiger partial charge in [-0.2, -0.15) is 0 Å². The lowest BCUT2D eigenvalue weighted by Gasteiger charge is -2.31. The first-order chi connectivity index (χ1) is 66.1. The molecule has 136 heavy (non-hydrogen) atoms. The number of nitrogens with zero attached hydrogens (tertiary/aromatic N) is 5. The zero-order valence-electron chi connectivity index (χ0n) is 78.3. The van der Waals surface area contributed by atoms with Gasteiger partial charge in [-0.15, -0.1) is 0 Å². The van der Waals surface area contributed by atoms with Crippen LogP contribution in [0.1, 0.15) is 247 Å². The van der Waals surface area contributed by atoms with Crippen molar-refractivity contribution in [3.63, 3.8) is 0 Å². The summed E-state index contributed by atoms with van der Waals surface area (Å²) in [4.78, 5) is 105. The lowest BCUT2D eigenvalue weighted by Crippen LogP contribution is -2.44. The molecule has 21 heteroatoms. The number of rotatable bonds is 19. The Labute approximate surface area is 798 Å². The van der Waals surface area contributed by atoms with E-state index in [9.17, 15) is 42.7 Å². The Morgan fingerprint density at radius 1 is 0.309 bits per heavy atom. The molecule has 5 aliphatic heterocycles. The number of para-hydroxylation sites is 1. The number of likely N-dealkylation sites (tertiary alicyclic amines) is 1. The number of aryl methyl sites for hydroxylation is 1. The van der Waals surface area contributed by atoms with Crippen molar-refractivity contribution in [1.29, 1.82) is 0 Å². The summed E-state index contributed by atoms with van der Waals surface area (Å²) < 4.78 is 13.4. The SMILES string of the molecule is Cc1ccccc1NC(=O)N1CCc2cc(-c3ccc(C4CCC(CC(=O)O)CC4)cc3)ccc21.O=C(O)CC1CCC(c2ccc(-c3ccc4c(c3)CCN4C(=O)N3CCCCC3)cc2)CC1.O=C(O)CC1CCC(c2ccc(-c3ccc4c(c3)CCN4C(=O)NC3CCCC3)cc2)CC1.O=C(O)CC1CCC(c2ccc(-c3ccc4c(c3)CCN4C(=O)Nc3cccc(F)c3)cc2)CC1. The van der Waals surface area contributed by atoms with Crippen LogP contribution in [-0.4, -0.2) is 119 Å². The van der Waals surface area contributed by atoms with E-state index in [1.54, 1.807) is 17.0 Å². The van der Waals surface area contributed by atoms with Crippen molar-refractivity contribution in [3.8, 4) is 44.5 Å². The molecule has 7 N–H and O–H groups in total. The highest BCUT2D eigenvalue weighted by atomic mass is 19.1. The lowest BCUT2D eigenvalue weighted by molar-refractivity contribution is -0.139. The first-order valence-electron chi connectivity index (χ1n) is 50.0. The van der Waals surface area contributed by atoms with Crippen molar-refractivity contribution in [1.82, 2.24) is 10.2 Å². The number of fused-ring (bicyclic) bond motifs is 4. The number of carbonyl (C=O) groups is 8. The minimum atomic E-state index is -0.692. The Balaban J connectivity index is 0.000000126. The van der Waals surface area contributed by atoms with Gasteiger partial charge in [0.05, 0.1) is 0 Å². The third-order valence-corrected chi connectivity index (χ3v) is 30.7. The predicted molar refractivity (Wildman–Crippen MR) is 537 cm³/mol. The Kier molecular flexibility index (Phi) is 30.9. The number of amides is 8. The lowest BCUT2D eigenvalue weighted by atomic mass is 9.77. The van der Waals surface area contributed by atoms with E-state index in [0.717, 1.165) is 231 Å². The van der Waals surface area contributed by atoms with Crippen LogP contribution in [0.15, 0.2) is 218 Å². The number of hydrogen-bond donors (Lipinski definition) is 7. The molecule has 708 valence electrons. The monoisotopic (exact) mass is 1830 g/mol. The van der Waals surface area contributed by atoms with E-state index in [4.69, 9.17) is 20.4 Å². The number of hydrogen-bond acceptors (Lipinski definition) is 8. The van der Waals surface area contributed by atoms with Crippen molar-refractivity contribution in [3.05, 3.63) is 274 Å². The number of carboxylic acid groups (broad SMARTS) is 4. The van der Waals surface area contributed by atoms with Gasteiger partial charge in [-0.3, -0.25) is 38.8 Å². The minimum Gasteiger partial charge on any atom is -0.481 e. The Morgan fingerprint density at radius 3 is 0.963 bits per heavy atom. The zero-order chi connectivity index (χ0) is 94.3. The molecular formula is C115H129FN8O12. The van der Waals surface area contributed by atoms with Crippen LogP contribution in [0, 0.1) is 36.4 Å². The normalized spacial score (nSPS) is 21.0. The van der Waals surface area contributed by atoms with Crippen LogP contribution in [0.5, 0.6) is 0 Å². The molecule has 0 aromatic heterocycles. The van der Waals surface area contributed by atoms with Crippen LogP contribution in [0.4, 0.5) is 57.7 Å². The first-order valence-corrected chi connectivity index (χ1v) is 50.0. The van der Waals surface area contributed by atoms with Crippen LogP contribution < -0.4 is 35.6 Å². The van der Waals surface area contributed by atoms with Crippen LogP contribution in [0.3, 0.4) is 0 Å². The van der Waals surface area contributed by atoms with Crippen molar-refractivity contribution >= 4 is 82.1 Å². The average Bonchev–Trinajstić information content (AvgIpc) is 1.94. The van der Waals surface area contributed by atoms with Crippen molar-refractivity contribution in [2.24, 2.45) is 23.7 Å². The second-order valence-electron chi connectivity index (χ2n) is 39.7. The molecule has 20 rings (SSSR count). The van der Waals surface area contributed by atoms with E-state index >= 15 is 0 Å². The van der Waals surface area contributed by atoms with Gasteiger partial charge in [0.1, 0.15) is 5.82 Å². The molecule has 10 aromatic rings. The topological polar surface area (TPSA) is 270 Å². The van der Waals surface area contributed by atoms with Gasteiger partial charge in [0, 0.05) is 105 Å². The molecule has 8 amide bonds. The molecular weight excluding hydrogens is 1700 g/mol. The molecule has 20 nitrogen and oxygen atoms in total. The van der Waals surface area contributed by atoms with E-state index in [1.165, 1.54) is 104 Å². The predicted octanol–water partition coefficient (Wildman–Crippen LogP) is 26.0. The van der Waals surface area contributed by atoms with Gasteiger partial charge in [0.25, 0.3) is 0 Å². The van der Waals surface area contributed by atoms with E-state index in [0.29, 0.717) is 91.4 Å². The number of benzene rings is 10. The van der Waals surface area contributed by atoms with Gasteiger partial charge in [-0.1, -0.05) is 158 Å². The molecule has 10 aromatic carbocycles. The summed E-state index contributed by atoms with van der Waals surface area (Å²) in [5.74, 6) is 0.317. The summed E-state index contributed by atoms with van der Waals surface area (Å²) in [6, 6.07) is 74.9. The first kappa shape index (κ1) is 94.8. The van der Waals surface area contributed by atoms with Gasteiger partial charge in [0.15, 0.2) is 0 Å². The molecule has 0 radical (unpaired) electrons. The molecule has 0 atom stereocenters. The quantitative estimate of drug-likeness (QED) is 0.0398. The highest BCUT2D eigenvalue weighted by Crippen LogP contribution is 2.46. The maximum absolute atomic E-state index is 13.4. The van der Waals surface area contributed by atoms with E-state index < -0.39 is 23.9 Å². The highest BCUT2D eigenvalue weighted by molar-refractivity contribution is 6.05. The van der Waals surface area contributed by atoms with E-state index in [1.807, 2.05) is 62.9 Å². The molecule has 0 spiro atoms. The number of nitrogens with one attached hydrogen (secondary N) is 3. The molecule has 5 aliphatic carbocycles.